The van der Waals surface area contributed by atoms with Crippen molar-refractivity contribution < 1.29 is 14.3 Å². The molecule has 2 N–H and O–H groups in total. The smallest absolute Gasteiger partial charge is 0.289 e. The molecule has 4 aromatic rings. The fourth-order valence-corrected chi connectivity index (χ4v) is 4.32. The summed E-state index contributed by atoms with van der Waals surface area (Å²) in [5.41, 5.74) is 6.86. The molecular formula is C22H17N3O3S2. The zero-order valence-corrected chi connectivity index (χ0v) is 17.3. The Morgan fingerprint density at radius 2 is 1.70 bits per heavy atom. The van der Waals surface area contributed by atoms with Crippen LogP contribution in [0.2, 0.25) is 0 Å². The van der Waals surface area contributed by atoms with Crippen molar-refractivity contribution in [3.8, 4) is 26.8 Å². The van der Waals surface area contributed by atoms with Crippen molar-refractivity contribution in [3.63, 3.8) is 0 Å². The Hall–Kier alpha value is -3.49. The van der Waals surface area contributed by atoms with Gasteiger partial charge in [-0.2, -0.15) is 0 Å². The Morgan fingerprint density at radius 3 is 2.50 bits per heavy atom. The van der Waals surface area contributed by atoms with Crippen LogP contribution in [-0.4, -0.2) is 23.4 Å². The predicted octanol–water partition coefficient (Wildman–Crippen LogP) is 4.38. The molecule has 0 aliphatic heterocycles. The maximum atomic E-state index is 12.2. The minimum atomic E-state index is -0.480. The summed E-state index contributed by atoms with van der Waals surface area (Å²) >= 11 is 2.93. The predicted molar refractivity (Wildman–Crippen MR) is 118 cm³/mol. The Kier molecular flexibility index (Phi) is 6.17. The summed E-state index contributed by atoms with van der Waals surface area (Å²) in [5.74, 6) is -0.364. The number of amides is 2. The van der Waals surface area contributed by atoms with Crippen LogP contribution in [0.3, 0.4) is 0 Å². The number of hydrazine groups is 1. The van der Waals surface area contributed by atoms with Gasteiger partial charge in [-0.3, -0.25) is 20.4 Å². The van der Waals surface area contributed by atoms with Gasteiger partial charge in [0, 0.05) is 10.9 Å². The number of benzene rings is 2. The molecule has 0 saturated carbocycles. The maximum absolute atomic E-state index is 12.2. The van der Waals surface area contributed by atoms with Gasteiger partial charge in [-0.05, 0) is 23.1 Å². The van der Waals surface area contributed by atoms with E-state index in [1.807, 2.05) is 66.0 Å². The molecule has 0 radical (unpaired) electrons. The van der Waals surface area contributed by atoms with E-state index >= 15 is 0 Å². The number of rotatable bonds is 6. The summed E-state index contributed by atoms with van der Waals surface area (Å²) in [6.07, 6.45) is 0. The van der Waals surface area contributed by atoms with Crippen LogP contribution >= 0.6 is 22.7 Å². The monoisotopic (exact) mass is 435 g/mol. The molecule has 8 heteroatoms. The van der Waals surface area contributed by atoms with Crippen molar-refractivity contribution in [2.45, 2.75) is 0 Å². The molecule has 0 saturated heterocycles. The van der Waals surface area contributed by atoms with E-state index in [1.54, 1.807) is 22.8 Å². The van der Waals surface area contributed by atoms with Crippen LogP contribution in [-0.2, 0) is 4.79 Å². The van der Waals surface area contributed by atoms with E-state index < -0.39 is 11.8 Å². The molecule has 0 fully saturated rings. The average molecular weight is 436 g/mol. The number of thiazole rings is 1. The first-order chi connectivity index (χ1) is 14.7. The highest BCUT2D eigenvalue weighted by molar-refractivity contribution is 7.20. The van der Waals surface area contributed by atoms with Gasteiger partial charge in [-0.1, -0.05) is 54.6 Å². The van der Waals surface area contributed by atoms with Crippen LogP contribution in [0, 0.1) is 0 Å². The number of hydrogen-bond donors (Lipinski definition) is 2. The Morgan fingerprint density at radius 1 is 0.900 bits per heavy atom. The summed E-state index contributed by atoms with van der Waals surface area (Å²) in [7, 11) is 0. The van der Waals surface area contributed by atoms with Gasteiger partial charge in [0.15, 0.2) is 6.61 Å². The number of carbonyl (C=O) groups is 2. The molecule has 150 valence electrons. The normalized spacial score (nSPS) is 10.4. The van der Waals surface area contributed by atoms with Crippen LogP contribution in [0.4, 0.5) is 0 Å². The minimum absolute atomic E-state index is 0.234. The van der Waals surface area contributed by atoms with Crippen LogP contribution in [0.5, 0.6) is 5.75 Å². The molecular weight excluding hydrogens is 418 g/mol. The van der Waals surface area contributed by atoms with Crippen LogP contribution < -0.4 is 15.6 Å². The van der Waals surface area contributed by atoms with Crippen molar-refractivity contribution in [2.24, 2.45) is 0 Å². The molecule has 2 aromatic carbocycles. The number of para-hydroxylation sites is 1. The van der Waals surface area contributed by atoms with Crippen molar-refractivity contribution >= 4 is 34.5 Å². The van der Waals surface area contributed by atoms with E-state index in [4.69, 9.17) is 4.74 Å². The van der Waals surface area contributed by atoms with Gasteiger partial charge in [-0.25, -0.2) is 4.98 Å². The second-order valence-corrected chi connectivity index (χ2v) is 7.97. The van der Waals surface area contributed by atoms with E-state index in [9.17, 15) is 9.59 Å². The second kappa shape index (κ2) is 9.34. The lowest BCUT2D eigenvalue weighted by molar-refractivity contribution is -0.123. The third kappa shape index (κ3) is 4.73. The van der Waals surface area contributed by atoms with E-state index in [1.165, 1.54) is 11.3 Å². The number of aromatic nitrogens is 1. The fourth-order valence-electron chi connectivity index (χ4n) is 2.71. The lowest BCUT2D eigenvalue weighted by Crippen LogP contribution is -2.44. The third-order valence-electron chi connectivity index (χ3n) is 4.11. The lowest BCUT2D eigenvalue weighted by Gasteiger charge is -2.12. The lowest BCUT2D eigenvalue weighted by atomic mass is 10.1. The first-order valence-corrected chi connectivity index (χ1v) is 10.8. The van der Waals surface area contributed by atoms with E-state index in [0.717, 1.165) is 21.0 Å². The zero-order chi connectivity index (χ0) is 20.8. The van der Waals surface area contributed by atoms with Gasteiger partial charge in [-0.15, -0.1) is 22.7 Å². The zero-order valence-electron chi connectivity index (χ0n) is 15.7. The average Bonchev–Trinajstić information content (AvgIpc) is 3.49. The van der Waals surface area contributed by atoms with Crippen molar-refractivity contribution in [1.82, 2.24) is 15.8 Å². The van der Waals surface area contributed by atoms with Crippen molar-refractivity contribution in [3.05, 3.63) is 83.2 Å². The van der Waals surface area contributed by atoms with Gasteiger partial charge in [0.05, 0.1) is 4.88 Å². The Labute approximate surface area is 181 Å². The number of ether oxygens (including phenoxy) is 1. The van der Waals surface area contributed by atoms with E-state index in [2.05, 4.69) is 15.8 Å². The van der Waals surface area contributed by atoms with Gasteiger partial charge in [0.2, 0.25) is 0 Å². The molecule has 6 nitrogen and oxygen atoms in total. The van der Waals surface area contributed by atoms with E-state index in [-0.39, 0.29) is 12.3 Å². The number of hydrogen-bond acceptors (Lipinski definition) is 6. The topological polar surface area (TPSA) is 80.3 Å². The van der Waals surface area contributed by atoms with Crippen LogP contribution in [0.1, 0.15) is 10.5 Å². The first-order valence-electron chi connectivity index (χ1n) is 9.06. The molecule has 0 unspecified atom stereocenters. The highest BCUT2D eigenvalue weighted by Crippen LogP contribution is 2.29. The summed E-state index contributed by atoms with van der Waals surface area (Å²) in [6, 6.07) is 21.1. The van der Waals surface area contributed by atoms with Crippen LogP contribution in [0.15, 0.2) is 77.5 Å². The SMILES string of the molecule is O=C(COc1ccccc1-c1ccccc1)NNC(=O)c1csc(-c2cccs2)n1. The minimum Gasteiger partial charge on any atom is -0.483 e. The quantitative estimate of drug-likeness (QED) is 0.441. The molecule has 2 aromatic heterocycles. The first kappa shape index (κ1) is 19.8. The summed E-state index contributed by atoms with van der Waals surface area (Å²) in [5, 5.41) is 4.37. The number of nitrogens with zero attached hydrogens (tertiary/aromatic N) is 1. The van der Waals surface area contributed by atoms with Crippen molar-refractivity contribution in [1.29, 1.82) is 0 Å². The standard InChI is InChI=1S/C22H17N3O3S2/c26-20(13-28-18-10-5-4-9-16(18)15-7-2-1-3-8-15)24-25-21(27)17-14-30-22(23-17)19-11-6-12-29-19/h1-12,14H,13H2,(H,24,26)(H,25,27). The molecule has 0 aliphatic rings. The molecule has 0 spiro atoms. The summed E-state index contributed by atoms with van der Waals surface area (Å²) in [6.45, 7) is -0.234. The number of thiophene rings is 1. The number of carbonyl (C=O) groups excluding carboxylic acids is 2. The summed E-state index contributed by atoms with van der Waals surface area (Å²) in [4.78, 5) is 29.6. The molecule has 2 heterocycles. The van der Waals surface area contributed by atoms with Gasteiger partial charge in [0.25, 0.3) is 11.8 Å². The molecule has 4 rings (SSSR count). The molecule has 2 amide bonds. The highest BCUT2D eigenvalue weighted by atomic mass is 32.1. The Bertz CT molecular complexity index is 1140. The van der Waals surface area contributed by atoms with Gasteiger partial charge >= 0.3 is 0 Å². The highest BCUT2D eigenvalue weighted by Gasteiger charge is 2.14. The largest absolute Gasteiger partial charge is 0.483 e. The van der Waals surface area contributed by atoms with Crippen molar-refractivity contribution in [2.75, 3.05) is 6.61 Å². The van der Waals surface area contributed by atoms with E-state index in [0.29, 0.717) is 5.75 Å². The number of nitrogens with one attached hydrogen (secondary N) is 2. The Balaban J connectivity index is 1.31. The second-order valence-electron chi connectivity index (χ2n) is 6.17. The molecule has 0 bridgehead atoms. The van der Waals surface area contributed by atoms with Gasteiger partial charge < -0.3 is 4.74 Å². The maximum Gasteiger partial charge on any atom is 0.289 e. The van der Waals surface area contributed by atoms with Gasteiger partial charge in [0.1, 0.15) is 16.5 Å². The third-order valence-corrected chi connectivity index (χ3v) is 6.00. The summed E-state index contributed by atoms with van der Waals surface area (Å²) < 4.78 is 5.67. The fraction of sp³-hybridized carbons (Fsp3) is 0.0455. The molecule has 0 aliphatic carbocycles. The molecule has 0 atom stereocenters. The van der Waals surface area contributed by atoms with Crippen LogP contribution in [0.25, 0.3) is 21.0 Å². The molecule has 30 heavy (non-hydrogen) atoms.